The normalized spacial score (nSPS) is 14.9. The van der Waals surface area contributed by atoms with Crippen molar-refractivity contribution in [3.05, 3.63) is 29.6 Å². The number of methoxy groups -OCH3 is 1. The van der Waals surface area contributed by atoms with E-state index in [0.29, 0.717) is 11.3 Å². The van der Waals surface area contributed by atoms with Crippen LogP contribution in [0, 0.1) is 5.82 Å². The van der Waals surface area contributed by atoms with Crippen molar-refractivity contribution in [3.8, 4) is 5.75 Å². The lowest BCUT2D eigenvalue weighted by Crippen LogP contribution is -2.32. The van der Waals surface area contributed by atoms with Crippen molar-refractivity contribution >= 4 is 0 Å². The molecular formula is C10H15FN2O. The summed E-state index contributed by atoms with van der Waals surface area (Å²) in [5.74, 6) is 0.0592. The molecule has 0 radical (unpaired) electrons. The second-order valence-corrected chi connectivity index (χ2v) is 3.24. The molecule has 1 rings (SSSR count). The highest BCUT2D eigenvalue weighted by Crippen LogP contribution is 2.27. The van der Waals surface area contributed by atoms with Crippen LogP contribution in [0.15, 0.2) is 18.2 Å². The number of ether oxygens (including phenoxy) is 1. The third kappa shape index (κ3) is 2.02. The van der Waals surface area contributed by atoms with Crippen molar-refractivity contribution in [2.24, 2.45) is 11.5 Å². The first-order valence-corrected chi connectivity index (χ1v) is 4.41. The van der Waals surface area contributed by atoms with E-state index >= 15 is 0 Å². The molecule has 78 valence electrons. The van der Waals surface area contributed by atoms with Gasteiger partial charge in [-0.1, -0.05) is 6.07 Å². The Bertz CT molecular complexity index is 315. The highest BCUT2D eigenvalue weighted by Gasteiger charge is 2.19. The molecule has 0 spiro atoms. The fourth-order valence-corrected chi connectivity index (χ4v) is 1.28. The summed E-state index contributed by atoms with van der Waals surface area (Å²) in [6.07, 6.45) is 0. The average Bonchev–Trinajstić information content (AvgIpc) is 2.16. The average molecular weight is 198 g/mol. The molecule has 0 saturated heterocycles. The van der Waals surface area contributed by atoms with E-state index < -0.39 is 6.04 Å². The molecule has 2 atom stereocenters. The number of rotatable bonds is 3. The molecule has 4 N–H and O–H groups in total. The van der Waals surface area contributed by atoms with Crippen LogP contribution in [-0.2, 0) is 0 Å². The minimum atomic E-state index is -0.550. The van der Waals surface area contributed by atoms with Crippen LogP contribution < -0.4 is 16.2 Å². The smallest absolute Gasteiger partial charge is 0.131 e. The van der Waals surface area contributed by atoms with Gasteiger partial charge in [-0.15, -0.1) is 0 Å². The van der Waals surface area contributed by atoms with Crippen LogP contribution in [0.3, 0.4) is 0 Å². The summed E-state index contributed by atoms with van der Waals surface area (Å²) in [6.45, 7) is 1.73. The highest BCUT2D eigenvalue weighted by atomic mass is 19.1. The van der Waals surface area contributed by atoms with Crippen molar-refractivity contribution in [2.75, 3.05) is 7.11 Å². The van der Waals surface area contributed by atoms with Crippen LogP contribution in [0.4, 0.5) is 4.39 Å². The van der Waals surface area contributed by atoms with Gasteiger partial charge in [0.15, 0.2) is 0 Å². The molecule has 4 heteroatoms. The van der Waals surface area contributed by atoms with E-state index in [9.17, 15) is 4.39 Å². The van der Waals surface area contributed by atoms with Crippen LogP contribution in [0.25, 0.3) is 0 Å². The second-order valence-electron chi connectivity index (χ2n) is 3.24. The van der Waals surface area contributed by atoms with Gasteiger partial charge in [0.2, 0.25) is 0 Å². The first-order valence-electron chi connectivity index (χ1n) is 4.41. The zero-order valence-electron chi connectivity index (χ0n) is 8.33. The molecule has 0 aliphatic rings. The third-order valence-corrected chi connectivity index (χ3v) is 2.13. The molecule has 3 nitrogen and oxygen atoms in total. The van der Waals surface area contributed by atoms with Crippen LogP contribution in [-0.4, -0.2) is 13.2 Å². The summed E-state index contributed by atoms with van der Waals surface area (Å²) in [5, 5.41) is 0. The van der Waals surface area contributed by atoms with E-state index in [4.69, 9.17) is 16.2 Å². The minimum Gasteiger partial charge on any atom is -0.496 e. The van der Waals surface area contributed by atoms with E-state index in [1.165, 1.54) is 13.2 Å². The topological polar surface area (TPSA) is 61.3 Å². The van der Waals surface area contributed by atoms with Gasteiger partial charge < -0.3 is 16.2 Å². The van der Waals surface area contributed by atoms with Gasteiger partial charge in [-0.05, 0) is 19.1 Å². The highest BCUT2D eigenvalue weighted by molar-refractivity contribution is 5.37. The number of benzene rings is 1. The van der Waals surface area contributed by atoms with E-state index in [-0.39, 0.29) is 11.9 Å². The van der Waals surface area contributed by atoms with E-state index in [0.717, 1.165) is 0 Å². The van der Waals surface area contributed by atoms with E-state index in [2.05, 4.69) is 0 Å². The number of halogens is 1. The maximum absolute atomic E-state index is 13.4. The van der Waals surface area contributed by atoms with E-state index in [1.54, 1.807) is 19.1 Å². The molecule has 0 bridgehead atoms. The standard InChI is InChI=1S/C10H15FN2O/c1-6(12)10(13)9-7(11)4-3-5-8(9)14-2/h3-6,10H,12-13H2,1-2H3. The summed E-state index contributed by atoms with van der Waals surface area (Å²) in [4.78, 5) is 0. The Morgan fingerprint density at radius 2 is 2.00 bits per heavy atom. The Balaban J connectivity index is 3.16. The van der Waals surface area contributed by atoms with Gasteiger partial charge in [0.1, 0.15) is 11.6 Å². The lowest BCUT2D eigenvalue weighted by Gasteiger charge is -2.19. The number of hydrogen-bond acceptors (Lipinski definition) is 3. The molecule has 0 amide bonds. The van der Waals surface area contributed by atoms with Crippen molar-refractivity contribution in [3.63, 3.8) is 0 Å². The summed E-state index contributed by atoms with van der Waals surface area (Å²) in [6, 6.07) is 3.72. The Labute approximate surface area is 82.9 Å². The maximum atomic E-state index is 13.4. The molecular weight excluding hydrogens is 183 g/mol. The predicted molar refractivity (Wildman–Crippen MR) is 53.5 cm³/mol. The summed E-state index contributed by atoms with van der Waals surface area (Å²) in [7, 11) is 1.48. The second kappa shape index (κ2) is 4.39. The molecule has 0 aliphatic heterocycles. The third-order valence-electron chi connectivity index (χ3n) is 2.13. The van der Waals surface area contributed by atoms with Gasteiger partial charge in [0.05, 0.1) is 13.2 Å². The Hall–Kier alpha value is -1.13. The van der Waals surface area contributed by atoms with Crippen molar-refractivity contribution in [1.29, 1.82) is 0 Å². The molecule has 2 unspecified atom stereocenters. The fraction of sp³-hybridized carbons (Fsp3) is 0.400. The van der Waals surface area contributed by atoms with Gasteiger partial charge in [0.25, 0.3) is 0 Å². The Morgan fingerprint density at radius 1 is 1.36 bits per heavy atom. The van der Waals surface area contributed by atoms with Crippen LogP contribution in [0.2, 0.25) is 0 Å². The maximum Gasteiger partial charge on any atom is 0.131 e. The molecule has 0 aromatic heterocycles. The molecule has 14 heavy (non-hydrogen) atoms. The summed E-state index contributed by atoms with van der Waals surface area (Å²) in [5.41, 5.74) is 11.7. The van der Waals surface area contributed by atoms with Gasteiger partial charge in [-0.25, -0.2) is 4.39 Å². The molecule has 1 aromatic carbocycles. The largest absolute Gasteiger partial charge is 0.496 e. The fourth-order valence-electron chi connectivity index (χ4n) is 1.28. The van der Waals surface area contributed by atoms with Gasteiger partial charge in [-0.2, -0.15) is 0 Å². The zero-order chi connectivity index (χ0) is 10.7. The van der Waals surface area contributed by atoms with Gasteiger partial charge >= 0.3 is 0 Å². The predicted octanol–water partition coefficient (Wildman–Crippen LogP) is 1.18. The molecule has 0 aliphatic carbocycles. The number of hydrogen-bond donors (Lipinski definition) is 2. The molecule has 0 heterocycles. The lowest BCUT2D eigenvalue weighted by atomic mass is 10.0. The Kier molecular flexibility index (Phi) is 3.43. The van der Waals surface area contributed by atoms with Crippen LogP contribution >= 0.6 is 0 Å². The zero-order valence-corrected chi connectivity index (χ0v) is 8.33. The van der Waals surface area contributed by atoms with E-state index in [1.807, 2.05) is 0 Å². The lowest BCUT2D eigenvalue weighted by molar-refractivity contribution is 0.394. The molecule has 1 aromatic rings. The summed E-state index contributed by atoms with van der Waals surface area (Å²) < 4.78 is 18.5. The van der Waals surface area contributed by atoms with Crippen LogP contribution in [0.5, 0.6) is 5.75 Å². The molecule has 0 fully saturated rings. The molecule has 0 saturated carbocycles. The van der Waals surface area contributed by atoms with Crippen molar-refractivity contribution in [1.82, 2.24) is 0 Å². The minimum absolute atomic E-state index is 0.319. The van der Waals surface area contributed by atoms with Crippen LogP contribution in [0.1, 0.15) is 18.5 Å². The van der Waals surface area contributed by atoms with Crippen molar-refractivity contribution < 1.29 is 9.13 Å². The summed E-state index contributed by atoms with van der Waals surface area (Å²) >= 11 is 0. The quantitative estimate of drug-likeness (QED) is 0.766. The van der Waals surface area contributed by atoms with Gasteiger partial charge in [-0.3, -0.25) is 0 Å². The Morgan fingerprint density at radius 3 is 2.50 bits per heavy atom. The van der Waals surface area contributed by atoms with Crippen molar-refractivity contribution in [2.45, 2.75) is 19.0 Å². The first kappa shape index (κ1) is 10.9. The monoisotopic (exact) mass is 198 g/mol. The first-order chi connectivity index (χ1) is 6.57. The van der Waals surface area contributed by atoms with Gasteiger partial charge in [0, 0.05) is 11.6 Å². The number of nitrogens with two attached hydrogens (primary N) is 2. The SMILES string of the molecule is COc1cccc(F)c1C(N)C(C)N.